The number of aryl methyl sites for hydroxylation is 2. The van der Waals surface area contributed by atoms with Crippen LogP contribution in [0.25, 0.3) is 0 Å². The van der Waals surface area contributed by atoms with E-state index in [2.05, 4.69) is 12.2 Å². The summed E-state index contributed by atoms with van der Waals surface area (Å²) in [4.78, 5) is 23.2. The SMILES string of the molecule is CCCc1cc(OCF)ccc1CCCCOc1cccc(C2SC(=O)NC2=O)c1. The highest BCUT2D eigenvalue weighted by Gasteiger charge is 2.32. The number of amides is 2. The number of hydrogen-bond donors (Lipinski definition) is 1. The van der Waals surface area contributed by atoms with Gasteiger partial charge in [0.1, 0.15) is 16.7 Å². The first-order chi connectivity index (χ1) is 14.6. The monoisotopic (exact) mass is 431 g/mol. The smallest absolute Gasteiger partial charge is 0.286 e. The molecular weight excluding hydrogens is 405 g/mol. The van der Waals surface area contributed by atoms with Crippen molar-refractivity contribution in [2.24, 2.45) is 0 Å². The Morgan fingerprint density at radius 3 is 2.57 bits per heavy atom. The quantitative estimate of drug-likeness (QED) is 0.485. The van der Waals surface area contributed by atoms with Crippen molar-refractivity contribution >= 4 is 22.9 Å². The van der Waals surface area contributed by atoms with Gasteiger partial charge in [0.05, 0.1) is 6.61 Å². The lowest BCUT2D eigenvalue weighted by molar-refractivity contribution is -0.119. The fraction of sp³-hybridized carbons (Fsp3) is 0.391. The van der Waals surface area contributed by atoms with E-state index in [1.165, 1.54) is 11.1 Å². The third kappa shape index (κ3) is 5.98. The molecule has 1 heterocycles. The lowest BCUT2D eigenvalue weighted by Gasteiger charge is -2.12. The van der Waals surface area contributed by atoms with Gasteiger partial charge in [0.15, 0.2) is 0 Å². The van der Waals surface area contributed by atoms with Gasteiger partial charge in [-0.1, -0.05) is 31.5 Å². The van der Waals surface area contributed by atoms with Gasteiger partial charge in [-0.15, -0.1) is 0 Å². The molecule has 2 aromatic carbocycles. The second kappa shape index (κ2) is 11.0. The zero-order valence-corrected chi connectivity index (χ0v) is 17.8. The van der Waals surface area contributed by atoms with Crippen molar-refractivity contribution in [3.05, 3.63) is 59.2 Å². The molecule has 1 fully saturated rings. The maximum Gasteiger partial charge on any atom is 0.286 e. The first kappa shape index (κ1) is 22.2. The summed E-state index contributed by atoms with van der Waals surface area (Å²) in [7, 11) is 0. The summed E-state index contributed by atoms with van der Waals surface area (Å²) in [6.07, 6.45) is 4.74. The first-order valence-corrected chi connectivity index (χ1v) is 11.0. The fourth-order valence-electron chi connectivity index (χ4n) is 3.45. The lowest BCUT2D eigenvalue weighted by atomic mass is 9.98. The van der Waals surface area contributed by atoms with Crippen LogP contribution in [0.1, 0.15) is 48.1 Å². The van der Waals surface area contributed by atoms with Crippen LogP contribution in [0.2, 0.25) is 0 Å². The number of carbonyl (C=O) groups excluding carboxylic acids is 2. The number of thioether (sulfide) groups is 1. The molecule has 1 unspecified atom stereocenters. The topological polar surface area (TPSA) is 64.6 Å². The highest BCUT2D eigenvalue weighted by atomic mass is 32.2. The molecule has 1 aliphatic heterocycles. The van der Waals surface area contributed by atoms with Crippen LogP contribution in [0.5, 0.6) is 11.5 Å². The van der Waals surface area contributed by atoms with Gasteiger partial charge in [-0.3, -0.25) is 14.9 Å². The Balaban J connectivity index is 1.48. The molecule has 0 saturated carbocycles. The minimum atomic E-state index is -0.816. The van der Waals surface area contributed by atoms with Crippen LogP contribution in [0.4, 0.5) is 9.18 Å². The summed E-state index contributed by atoms with van der Waals surface area (Å²) in [6, 6.07) is 13.1. The number of unbranched alkanes of at least 4 members (excludes halogenated alkanes) is 1. The molecule has 1 aliphatic rings. The van der Waals surface area contributed by atoms with E-state index in [-0.39, 0.29) is 11.1 Å². The Morgan fingerprint density at radius 1 is 1.00 bits per heavy atom. The fourth-order valence-corrected chi connectivity index (χ4v) is 4.27. The number of hydrogen-bond acceptors (Lipinski definition) is 5. The number of ether oxygens (including phenoxy) is 2. The molecule has 30 heavy (non-hydrogen) atoms. The molecule has 0 aromatic heterocycles. The van der Waals surface area contributed by atoms with Gasteiger partial charge in [0.2, 0.25) is 12.8 Å². The van der Waals surface area contributed by atoms with Gasteiger partial charge in [-0.25, -0.2) is 4.39 Å². The van der Waals surface area contributed by atoms with Crippen molar-refractivity contribution < 1.29 is 23.5 Å². The Labute approximate surface area is 180 Å². The molecule has 1 atom stereocenters. The maximum atomic E-state index is 12.4. The van der Waals surface area contributed by atoms with Crippen molar-refractivity contribution in [2.45, 2.75) is 44.3 Å². The predicted octanol–water partition coefficient (Wildman–Crippen LogP) is 5.37. The predicted molar refractivity (Wildman–Crippen MR) is 116 cm³/mol. The standard InChI is InChI=1S/C23H26FNO4S/c1-2-6-17-13-20(29-15-24)11-10-16(17)7-3-4-12-28-19-9-5-8-18(14-19)21-22(26)25-23(27)30-21/h5,8-11,13-14,21H,2-4,6-7,12,15H2,1H3,(H,25,26,27). The molecule has 160 valence electrons. The number of halogens is 1. The van der Waals surface area contributed by atoms with Crippen LogP contribution < -0.4 is 14.8 Å². The maximum absolute atomic E-state index is 12.4. The summed E-state index contributed by atoms with van der Waals surface area (Å²) in [5.41, 5.74) is 3.23. The minimum Gasteiger partial charge on any atom is -0.494 e. The molecule has 3 rings (SSSR count). The second-order valence-electron chi connectivity index (χ2n) is 7.09. The summed E-state index contributed by atoms with van der Waals surface area (Å²) >= 11 is 0.989. The molecule has 2 amide bonds. The number of nitrogens with one attached hydrogen (secondary N) is 1. The van der Waals surface area contributed by atoms with E-state index in [0.29, 0.717) is 18.1 Å². The van der Waals surface area contributed by atoms with Crippen molar-refractivity contribution in [1.29, 1.82) is 0 Å². The molecule has 7 heteroatoms. The average molecular weight is 432 g/mol. The summed E-state index contributed by atoms with van der Waals surface area (Å²) in [5, 5.41) is 1.47. The van der Waals surface area contributed by atoms with Gasteiger partial charge >= 0.3 is 0 Å². The molecule has 2 aromatic rings. The molecule has 5 nitrogen and oxygen atoms in total. The van der Waals surface area contributed by atoms with Crippen LogP contribution in [0.3, 0.4) is 0 Å². The van der Waals surface area contributed by atoms with Gasteiger partial charge in [0.25, 0.3) is 5.24 Å². The summed E-state index contributed by atoms with van der Waals surface area (Å²) < 4.78 is 23.2. The molecule has 1 saturated heterocycles. The molecule has 0 radical (unpaired) electrons. The number of imide groups is 1. The summed E-state index contributed by atoms with van der Waals surface area (Å²) in [5.74, 6) is 0.983. The summed E-state index contributed by atoms with van der Waals surface area (Å²) in [6.45, 7) is 1.88. The average Bonchev–Trinajstić information content (AvgIpc) is 3.08. The minimum absolute atomic E-state index is 0.284. The van der Waals surface area contributed by atoms with E-state index in [1.54, 1.807) is 0 Å². The molecule has 1 N–H and O–H groups in total. The van der Waals surface area contributed by atoms with E-state index in [4.69, 9.17) is 9.47 Å². The number of benzene rings is 2. The first-order valence-electron chi connectivity index (χ1n) is 10.2. The van der Waals surface area contributed by atoms with E-state index in [0.717, 1.165) is 49.4 Å². The van der Waals surface area contributed by atoms with Crippen LogP contribution >= 0.6 is 11.8 Å². The Kier molecular flexibility index (Phi) is 8.13. The van der Waals surface area contributed by atoms with E-state index < -0.39 is 12.1 Å². The Hall–Kier alpha value is -2.54. The number of alkyl halides is 1. The van der Waals surface area contributed by atoms with Crippen LogP contribution in [0.15, 0.2) is 42.5 Å². The van der Waals surface area contributed by atoms with Crippen molar-refractivity contribution in [3.63, 3.8) is 0 Å². The number of rotatable bonds is 11. The van der Waals surface area contributed by atoms with E-state index in [1.807, 2.05) is 42.5 Å². The van der Waals surface area contributed by atoms with Crippen molar-refractivity contribution in [1.82, 2.24) is 5.32 Å². The van der Waals surface area contributed by atoms with Gasteiger partial charge in [0, 0.05) is 0 Å². The largest absolute Gasteiger partial charge is 0.494 e. The highest BCUT2D eigenvalue weighted by molar-refractivity contribution is 8.15. The Bertz CT molecular complexity index is 889. The lowest BCUT2D eigenvalue weighted by Crippen LogP contribution is -2.20. The van der Waals surface area contributed by atoms with Crippen LogP contribution in [-0.2, 0) is 17.6 Å². The van der Waals surface area contributed by atoms with E-state index >= 15 is 0 Å². The highest BCUT2D eigenvalue weighted by Crippen LogP contribution is 2.35. The van der Waals surface area contributed by atoms with Crippen LogP contribution in [0, 0.1) is 0 Å². The Morgan fingerprint density at radius 2 is 1.83 bits per heavy atom. The number of carbonyl (C=O) groups is 2. The molecular formula is C23H26FNO4S. The second-order valence-corrected chi connectivity index (χ2v) is 8.16. The van der Waals surface area contributed by atoms with Crippen LogP contribution in [-0.4, -0.2) is 24.6 Å². The zero-order chi connectivity index (χ0) is 21.3. The molecule has 0 spiro atoms. The van der Waals surface area contributed by atoms with Crippen molar-refractivity contribution in [3.8, 4) is 11.5 Å². The molecule has 0 bridgehead atoms. The normalized spacial score (nSPS) is 15.9. The van der Waals surface area contributed by atoms with Gasteiger partial charge in [-0.05, 0) is 78.4 Å². The third-order valence-electron chi connectivity index (χ3n) is 4.88. The van der Waals surface area contributed by atoms with E-state index in [9.17, 15) is 14.0 Å². The zero-order valence-electron chi connectivity index (χ0n) is 17.0. The molecule has 0 aliphatic carbocycles. The van der Waals surface area contributed by atoms with Gasteiger partial charge in [-0.2, -0.15) is 0 Å². The third-order valence-corrected chi connectivity index (χ3v) is 5.91. The van der Waals surface area contributed by atoms with Gasteiger partial charge < -0.3 is 9.47 Å². The van der Waals surface area contributed by atoms with Crippen molar-refractivity contribution in [2.75, 3.05) is 13.5 Å².